The van der Waals surface area contributed by atoms with Crippen LogP contribution in [0.15, 0.2) is 0 Å². The molecular formula is C8H16O6. The lowest BCUT2D eigenvalue weighted by molar-refractivity contribution is -0.159. The second-order valence-corrected chi connectivity index (χ2v) is 2.59. The molecule has 14 heavy (non-hydrogen) atoms. The van der Waals surface area contributed by atoms with Gasteiger partial charge in [0, 0.05) is 0 Å². The molecule has 4 N–H and O–H groups in total. The Morgan fingerprint density at radius 2 is 1.50 bits per heavy atom. The number of aliphatic carboxylic acids is 2. The number of rotatable bonds is 4. The number of hydrogen-bond acceptors (Lipinski definition) is 4. The molecule has 84 valence electrons. The van der Waals surface area contributed by atoms with Gasteiger partial charge in [-0.25, -0.2) is 9.59 Å². The first-order chi connectivity index (χ1) is 6.41. The lowest BCUT2D eigenvalue weighted by atomic mass is 10.2. The van der Waals surface area contributed by atoms with Gasteiger partial charge in [0.05, 0.1) is 0 Å². The highest BCUT2D eigenvalue weighted by Gasteiger charge is 2.04. The maximum Gasteiger partial charge on any atom is 0.414 e. The first kappa shape index (κ1) is 15.3. The number of aliphatic hydroxyl groups excluding tert-OH is 1. The Morgan fingerprint density at radius 3 is 1.71 bits per heavy atom. The fraction of sp³-hybridized carbons (Fsp3) is 0.750. The molecule has 0 saturated carbocycles. The second-order valence-electron chi connectivity index (χ2n) is 2.59. The standard InChI is InChI=1S/C6H14O2.C2H2O4/c1-2-3-4-5-6(7)8;3-1(4)2(5)6/h6-8H,2-5H2,1H3;(H,3,4)(H,5,6). The Morgan fingerprint density at radius 1 is 1.07 bits per heavy atom. The van der Waals surface area contributed by atoms with Crippen molar-refractivity contribution in [3.63, 3.8) is 0 Å². The average molecular weight is 208 g/mol. The first-order valence-electron chi connectivity index (χ1n) is 4.24. The molecule has 0 radical (unpaired) electrons. The summed E-state index contributed by atoms with van der Waals surface area (Å²) >= 11 is 0. The average Bonchev–Trinajstić information content (AvgIpc) is 2.05. The Hall–Kier alpha value is -1.14. The minimum absolute atomic E-state index is 0.522. The van der Waals surface area contributed by atoms with Crippen molar-refractivity contribution in [2.75, 3.05) is 0 Å². The molecule has 0 aromatic heterocycles. The van der Waals surface area contributed by atoms with E-state index in [9.17, 15) is 0 Å². The Labute approximate surface area is 81.8 Å². The molecule has 0 fully saturated rings. The summed E-state index contributed by atoms with van der Waals surface area (Å²) in [5.41, 5.74) is 0. The molecule has 0 rings (SSSR count). The predicted molar refractivity (Wildman–Crippen MR) is 47.6 cm³/mol. The maximum atomic E-state index is 9.10. The minimum Gasteiger partial charge on any atom is -0.473 e. The van der Waals surface area contributed by atoms with Crippen molar-refractivity contribution in [3.05, 3.63) is 0 Å². The van der Waals surface area contributed by atoms with Crippen LogP contribution in [0.4, 0.5) is 0 Å². The zero-order valence-corrected chi connectivity index (χ0v) is 8.01. The topological polar surface area (TPSA) is 115 Å². The van der Waals surface area contributed by atoms with Gasteiger partial charge in [-0.05, 0) is 12.8 Å². The van der Waals surface area contributed by atoms with E-state index in [-0.39, 0.29) is 0 Å². The molecule has 0 aliphatic carbocycles. The summed E-state index contributed by atoms with van der Waals surface area (Å²) in [6, 6.07) is 0. The van der Waals surface area contributed by atoms with Crippen LogP contribution in [0.25, 0.3) is 0 Å². The molecule has 0 bridgehead atoms. The maximum absolute atomic E-state index is 9.10. The lowest BCUT2D eigenvalue weighted by Crippen LogP contribution is -2.09. The number of carbonyl (C=O) groups is 2. The van der Waals surface area contributed by atoms with Gasteiger partial charge in [0.25, 0.3) is 0 Å². The van der Waals surface area contributed by atoms with E-state index >= 15 is 0 Å². The van der Waals surface area contributed by atoms with Crippen LogP contribution >= 0.6 is 0 Å². The molecule has 0 amide bonds. The Balaban J connectivity index is 0. The molecule has 0 aromatic carbocycles. The van der Waals surface area contributed by atoms with Gasteiger partial charge in [-0.1, -0.05) is 19.8 Å². The second kappa shape index (κ2) is 9.94. The van der Waals surface area contributed by atoms with Crippen LogP contribution in [0, 0.1) is 0 Å². The normalized spacial score (nSPS) is 9.14. The zero-order chi connectivity index (χ0) is 11.6. The van der Waals surface area contributed by atoms with Crippen LogP contribution in [-0.2, 0) is 9.59 Å². The predicted octanol–water partition coefficient (Wildman–Crippen LogP) is 0.0330. The smallest absolute Gasteiger partial charge is 0.414 e. The molecule has 0 aliphatic rings. The third-order valence-corrected chi connectivity index (χ3v) is 1.25. The molecule has 0 unspecified atom stereocenters. The first-order valence-corrected chi connectivity index (χ1v) is 4.24. The van der Waals surface area contributed by atoms with Gasteiger partial charge in [0.15, 0.2) is 6.29 Å². The van der Waals surface area contributed by atoms with Crippen LogP contribution in [0.2, 0.25) is 0 Å². The summed E-state index contributed by atoms with van der Waals surface area (Å²) in [5, 5.41) is 31.5. The van der Waals surface area contributed by atoms with Crippen molar-refractivity contribution in [1.29, 1.82) is 0 Å². The van der Waals surface area contributed by atoms with Gasteiger partial charge in [-0.15, -0.1) is 0 Å². The summed E-state index contributed by atoms with van der Waals surface area (Å²) in [5.74, 6) is -3.65. The van der Waals surface area contributed by atoms with E-state index in [4.69, 9.17) is 30.0 Å². The summed E-state index contributed by atoms with van der Waals surface area (Å²) in [7, 11) is 0. The number of hydrogen-bond donors (Lipinski definition) is 4. The SMILES string of the molecule is CCCCCC(O)O.O=C(O)C(=O)O. The summed E-state index contributed by atoms with van der Waals surface area (Å²) in [4.78, 5) is 18.2. The van der Waals surface area contributed by atoms with E-state index in [1.165, 1.54) is 0 Å². The number of aliphatic hydroxyl groups is 2. The van der Waals surface area contributed by atoms with E-state index in [1.807, 2.05) is 0 Å². The molecule has 0 aliphatic heterocycles. The van der Waals surface area contributed by atoms with Crippen molar-refractivity contribution >= 4 is 11.9 Å². The fourth-order valence-electron chi connectivity index (χ4n) is 0.577. The monoisotopic (exact) mass is 208 g/mol. The summed E-state index contributed by atoms with van der Waals surface area (Å²) in [6.07, 6.45) is 2.58. The molecular weight excluding hydrogens is 192 g/mol. The third-order valence-electron chi connectivity index (χ3n) is 1.25. The highest BCUT2D eigenvalue weighted by atomic mass is 16.5. The molecule has 0 atom stereocenters. The molecule has 0 saturated heterocycles. The lowest BCUT2D eigenvalue weighted by Gasteiger charge is -1.99. The summed E-state index contributed by atoms with van der Waals surface area (Å²) in [6.45, 7) is 2.09. The number of carboxylic acid groups (broad SMARTS) is 2. The fourth-order valence-corrected chi connectivity index (χ4v) is 0.577. The van der Waals surface area contributed by atoms with Crippen molar-refractivity contribution in [2.45, 2.75) is 38.9 Å². The van der Waals surface area contributed by atoms with Gasteiger partial charge in [-0.2, -0.15) is 0 Å². The van der Waals surface area contributed by atoms with Crippen molar-refractivity contribution < 1.29 is 30.0 Å². The van der Waals surface area contributed by atoms with Gasteiger partial charge in [0.1, 0.15) is 0 Å². The van der Waals surface area contributed by atoms with Crippen molar-refractivity contribution in [1.82, 2.24) is 0 Å². The van der Waals surface area contributed by atoms with Crippen LogP contribution in [0.5, 0.6) is 0 Å². The van der Waals surface area contributed by atoms with E-state index in [1.54, 1.807) is 0 Å². The van der Waals surface area contributed by atoms with Crippen LogP contribution < -0.4 is 0 Å². The summed E-state index contributed by atoms with van der Waals surface area (Å²) < 4.78 is 0. The van der Waals surface area contributed by atoms with E-state index in [0.717, 1.165) is 19.3 Å². The minimum atomic E-state index is -1.82. The number of carboxylic acids is 2. The van der Waals surface area contributed by atoms with Gasteiger partial charge in [-0.3, -0.25) is 0 Å². The van der Waals surface area contributed by atoms with Crippen molar-refractivity contribution in [3.8, 4) is 0 Å². The van der Waals surface area contributed by atoms with E-state index < -0.39 is 18.2 Å². The van der Waals surface area contributed by atoms with Crippen LogP contribution in [-0.4, -0.2) is 38.7 Å². The molecule has 6 heteroatoms. The zero-order valence-electron chi connectivity index (χ0n) is 8.01. The molecule has 6 nitrogen and oxygen atoms in total. The van der Waals surface area contributed by atoms with Crippen LogP contribution in [0.3, 0.4) is 0 Å². The molecule has 0 spiro atoms. The van der Waals surface area contributed by atoms with E-state index in [2.05, 4.69) is 6.92 Å². The Bertz CT molecular complexity index is 153. The van der Waals surface area contributed by atoms with Crippen LogP contribution in [0.1, 0.15) is 32.6 Å². The molecule has 0 heterocycles. The highest BCUT2D eigenvalue weighted by Crippen LogP contribution is 1.99. The number of unbranched alkanes of at least 4 members (excludes halogenated alkanes) is 2. The highest BCUT2D eigenvalue weighted by molar-refractivity contribution is 6.27. The van der Waals surface area contributed by atoms with E-state index in [0.29, 0.717) is 6.42 Å². The largest absolute Gasteiger partial charge is 0.473 e. The third kappa shape index (κ3) is 17.1. The van der Waals surface area contributed by atoms with Crippen molar-refractivity contribution in [2.24, 2.45) is 0 Å². The molecule has 0 aromatic rings. The Kier molecular flexibility index (Phi) is 10.9. The van der Waals surface area contributed by atoms with Gasteiger partial charge < -0.3 is 20.4 Å². The quantitative estimate of drug-likeness (QED) is 0.294. The van der Waals surface area contributed by atoms with Gasteiger partial charge in [0.2, 0.25) is 0 Å². The van der Waals surface area contributed by atoms with Gasteiger partial charge >= 0.3 is 11.9 Å².